The maximum atomic E-state index is 12.0. The Hall–Kier alpha value is -1.35. The number of amides is 1. The first-order valence-corrected chi connectivity index (χ1v) is 5.64. The molecule has 1 aromatic rings. The maximum Gasteiger partial charge on any atom is 0.229 e. The highest BCUT2D eigenvalue weighted by Crippen LogP contribution is 2.16. The van der Waals surface area contributed by atoms with E-state index in [1.54, 1.807) is 4.90 Å². The second-order valence-electron chi connectivity index (χ2n) is 4.06. The first-order valence-electron chi connectivity index (χ1n) is 5.64. The van der Waals surface area contributed by atoms with Gasteiger partial charge in [-0.05, 0) is 18.6 Å². The Balaban J connectivity index is 2.83. The first kappa shape index (κ1) is 12.7. The van der Waals surface area contributed by atoms with Crippen LogP contribution in [0.5, 0.6) is 0 Å². The normalized spacial score (nSPS) is 10.5. The summed E-state index contributed by atoms with van der Waals surface area (Å²) in [5, 5.41) is 8.84. The Morgan fingerprint density at radius 2 is 1.94 bits per heavy atom. The predicted octanol–water partition coefficient (Wildman–Crippen LogP) is 2.06. The third-order valence-electron chi connectivity index (χ3n) is 2.37. The van der Waals surface area contributed by atoms with Crippen LogP contribution >= 0.6 is 0 Å². The van der Waals surface area contributed by atoms with Crippen molar-refractivity contribution in [1.82, 2.24) is 0 Å². The van der Waals surface area contributed by atoms with Crippen molar-refractivity contribution in [3.63, 3.8) is 0 Å². The molecule has 0 unspecified atom stereocenters. The highest BCUT2D eigenvalue weighted by molar-refractivity contribution is 5.94. The lowest BCUT2D eigenvalue weighted by atomic mass is 10.1. The van der Waals surface area contributed by atoms with Crippen LogP contribution in [0.4, 0.5) is 5.69 Å². The zero-order chi connectivity index (χ0) is 12.0. The third-order valence-corrected chi connectivity index (χ3v) is 2.37. The van der Waals surface area contributed by atoms with Crippen LogP contribution in [0.3, 0.4) is 0 Å². The van der Waals surface area contributed by atoms with Crippen LogP contribution in [-0.2, 0) is 4.79 Å². The summed E-state index contributed by atoms with van der Waals surface area (Å²) >= 11 is 0. The number of carbonyl (C=O) groups excluding carboxylic acids is 1. The van der Waals surface area contributed by atoms with Gasteiger partial charge in [0, 0.05) is 24.8 Å². The lowest BCUT2D eigenvalue weighted by Gasteiger charge is -2.24. The van der Waals surface area contributed by atoms with E-state index < -0.39 is 0 Å². The molecule has 0 aliphatic rings. The van der Waals surface area contributed by atoms with Gasteiger partial charge in [0.15, 0.2) is 0 Å². The van der Waals surface area contributed by atoms with E-state index >= 15 is 0 Å². The van der Waals surface area contributed by atoms with Gasteiger partial charge in [-0.1, -0.05) is 32.0 Å². The number of carbonyl (C=O) groups is 1. The summed E-state index contributed by atoms with van der Waals surface area (Å²) < 4.78 is 0. The van der Waals surface area contributed by atoms with E-state index in [1.165, 1.54) is 0 Å². The van der Waals surface area contributed by atoms with Crippen molar-refractivity contribution in [1.29, 1.82) is 0 Å². The molecule has 3 heteroatoms. The van der Waals surface area contributed by atoms with Crippen LogP contribution in [0.2, 0.25) is 0 Å². The summed E-state index contributed by atoms with van der Waals surface area (Å²) in [7, 11) is 0. The zero-order valence-corrected chi connectivity index (χ0v) is 9.89. The molecule has 88 valence electrons. The number of para-hydroxylation sites is 1. The van der Waals surface area contributed by atoms with Crippen LogP contribution in [-0.4, -0.2) is 24.2 Å². The van der Waals surface area contributed by atoms with Gasteiger partial charge < -0.3 is 10.0 Å². The standard InChI is InChI=1S/C13H19NO2/c1-11(2)13(16)14(9-6-10-15)12-7-4-3-5-8-12/h3-5,7-8,11,15H,6,9-10H2,1-2H3. The van der Waals surface area contributed by atoms with Gasteiger partial charge in [-0.25, -0.2) is 0 Å². The van der Waals surface area contributed by atoms with E-state index in [4.69, 9.17) is 5.11 Å². The van der Waals surface area contributed by atoms with Crippen LogP contribution < -0.4 is 4.90 Å². The molecular weight excluding hydrogens is 202 g/mol. The van der Waals surface area contributed by atoms with E-state index in [1.807, 2.05) is 44.2 Å². The monoisotopic (exact) mass is 221 g/mol. The van der Waals surface area contributed by atoms with Gasteiger partial charge in [0.25, 0.3) is 0 Å². The number of nitrogens with zero attached hydrogens (tertiary/aromatic N) is 1. The molecular formula is C13H19NO2. The molecule has 1 aromatic carbocycles. The molecule has 1 N–H and O–H groups in total. The van der Waals surface area contributed by atoms with Crippen molar-refractivity contribution >= 4 is 11.6 Å². The average Bonchev–Trinajstić information content (AvgIpc) is 2.30. The van der Waals surface area contributed by atoms with Crippen molar-refractivity contribution in [2.45, 2.75) is 20.3 Å². The number of rotatable bonds is 5. The molecule has 0 bridgehead atoms. The number of hydrogen-bond acceptors (Lipinski definition) is 2. The minimum absolute atomic E-state index is 0.0288. The molecule has 0 saturated carbocycles. The highest BCUT2D eigenvalue weighted by Gasteiger charge is 2.17. The summed E-state index contributed by atoms with van der Waals surface area (Å²) in [6, 6.07) is 9.58. The minimum atomic E-state index is -0.0288. The summed E-state index contributed by atoms with van der Waals surface area (Å²) in [6.45, 7) is 4.45. The van der Waals surface area contributed by atoms with Crippen molar-refractivity contribution in [3.05, 3.63) is 30.3 Å². The van der Waals surface area contributed by atoms with Gasteiger partial charge in [0.2, 0.25) is 5.91 Å². The molecule has 1 rings (SSSR count). The van der Waals surface area contributed by atoms with Crippen molar-refractivity contribution in [3.8, 4) is 0 Å². The fourth-order valence-corrected chi connectivity index (χ4v) is 1.51. The molecule has 0 aliphatic carbocycles. The Morgan fingerprint density at radius 3 is 2.44 bits per heavy atom. The smallest absolute Gasteiger partial charge is 0.229 e. The number of benzene rings is 1. The van der Waals surface area contributed by atoms with Crippen molar-refractivity contribution in [2.75, 3.05) is 18.1 Å². The largest absolute Gasteiger partial charge is 0.396 e. The second-order valence-corrected chi connectivity index (χ2v) is 4.06. The highest BCUT2D eigenvalue weighted by atomic mass is 16.3. The second kappa shape index (κ2) is 6.28. The molecule has 0 atom stereocenters. The lowest BCUT2D eigenvalue weighted by Crippen LogP contribution is -2.35. The molecule has 0 fully saturated rings. The fourth-order valence-electron chi connectivity index (χ4n) is 1.51. The zero-order valence-electron chi connectivity index (χ0n) is 9.89. The summed E-state index contributed by atoms with van der Waals surface area (Å²) in [4.78, 5) is 13.7. The Morgan fingerprint density at radius 1 is 1.31 bits per heavy atom. The van der Waals surface area contributed by atoms with Crippen molar-refractivity contribution < 1.29 is 9.90 Å². The van der Waals surface area contributed by atoms with Crippen molar-refractivity contribution in [2.24, 2.45) is 5.92 Å². The van der Waals surface area contributed by atoms with E-state index in [0.717, 1.165) is 5.69 Å². The third kappa shape index (κ3) is 3.35. The van der Waals surface area contributed by atoms with Crippen LogP contribution in [0.1, 0.15) is 20.3 Å². The molecule has 0 spiro atoms. The van der Waals surface area contributed by atoms with Gasteiger partial charge in [-0.3, -0.25) is 4.79 Å². The predicted molar refractivity (Wildman–Crippen MR) is 65.3 cm³/mol. The SMILES string of the molecule is CC(C)C(=O)N(CCCO)c1ccccc1. The molecule has 3 nitrogen and oxygen atoms in total. The number of anilines is 1. The molecule has 0 aliphatic heterocycles. The van der Waals surface area contributed by atoms with Gasteiger partial charge in [0.1, 0.15) is 0 Å². The Kier molecular flexibility index (Phi) is 4.99. The molecule has 16 heavy (non-hydrogen) atoms. The van der Waals surface area contributed by atoms with Gasteiger partial charge >= 0.3 is 0 Å². The van der Waals surface area contributed by atoms with E-state index in [-0.39, 0.29) is 18.4 Å². The minimum Gasteiger partial charge on any atom is -0.396 e. The topological polar surface area (TPSA) is 40.5 Å². The summed E-state index contributed by atoms with van der Waals surface area (Å²) in [5.74, 6) is 0.0681. The fraction of sp³-hybridized carbons (Fsp3) is 0.462. The summed E-state index contributed by atoms with van der Waals surface area (Å²) in [6.07, 6.45) is 0.605. The number of aliphatic hydroxyl groups is 1. The molecule has 0 heterocycles. The molecule has 0 saturated heterocycles. The molecule has 0 aromatic heterocycles. The van der Waals surface area contributed by atoms with Gasteiger partial charge in [-0.15, -0.1) is 0 Å². The lowest BCUT2D eigenvalue weighted by molar-refractivity contribution is -0.121. The first-order chi connectivity index (χ1) is 7.66. The Labute approximate surface area is 96.7 Å². The van der Waals surface area contributed by atoms with Crippen LogP contribution in [0.25, 0.3) is 0 Å². The summed E-state index contributed by atoms with van der Waals surface area (Å²) in [5.41, 5.74) is 0.898. The van der Waals surface area contributed by atoms with E-state index in [9.17, 15) is 4.79 Å². The van der Waals surface area contributed by atoms with E-state index in [2.05, 4.69) is 0 Å². The maximum absolute atomic E-state index is 12.0. The number of hydrogen-bond donors (Lipinski definition) is 1. The van der Waals surface area contributed by atoms with Crippen LogP contribution in [0.15, 0.2) is 30.3 Å². The van der Waals surface area contributed by atoms with E-state index in [0.29, 0.717) is 13.0 Å². The molecule has 1 amide bonds. The average molecular weight is 221 g/mol. The van der Waals surface area contributed by atoms with Crippen LogP contribution in [0, 0.1) is 5.92 Å². The van der Waals surface area contributed by atoms with Gasteiger partial charge in [0.05, 0.1) is 0 Å². The number of aliphatic hydroxyl groups excluding tert-OH is 1. The Bertz CT molecular complexity index is 322. The van der Waals surface area contributed by atoms with Gasteiger partial charge in [-0.2, -0.15) is 0 Å². The molecule has 0 radical (unpaired) electrons. The quantitative estimate of drug-likeness (QED) is 0.826.